The van der Waals surface area contributed by atoms with Gasteiger partial charge in [0.25, 0.3) is 0 Å². The molecular formula is C14H13NO2. The van der Waals surface area contributed by atoms with Crippen LogP contribution in [0.5, 0.6) is 0 Å². The number of carbonyl (C=O) groups is 2. The number of aldehydes is 1. The lowest BCUT2D eigenvalue weighted by Crippen LogP contribution is -2.08. The third-order valence-electron chi connectivity index (χ3n) is 2.78. The Labute approximate surface area is 99.7 Å². The van der Waals surface area contributed by atoms with Crippen LogP contribution in [0.2, 0.25) is 0 Å². The van der Waals surface area contributed by atoms with Crippen LogP contribution in [0.15, 0.2) is 36.5 Å². The van der Waals surface area contributed by atoms with E-state index in [0.717, 1.165) is 11.8 Å². The summed E-state index contributed by atoms with van der Waals surface area (Å²) < 4.78 is 1.68. The van der Waals surface area contributed by atoms with Gasteiger partial charge in [-0.1, -0.05) is 24.3 Å². The first-order valence-corrected chi connectivity index (χ1v) is 5.35. The maximum absolute atomic E-state index is 12.3. The molecule has 3 heteroatoms. The molecule has 2 rings (SSSR count). The predicted molar refractivity (Wildman–Crippen MR) is 65.4 cm³/mol. The summed E-state index contributed by atoms with van der Waals surface area (Å²) in [5.74, 6) is -0.0568. The fourth-order valence-corrected chi connectivity index (χ4v) is 1.85. The Morgan fingerprint density at radius 1 is 1.29 bits per heavy atom. The molecule has 0 saturated carbocycles. The van der Waals surface area contributed by atoms with Gasteiger partial charge in [-0.15, -0.1) is 0 Å². The Kier molecular flexibility index (Phi) is 2.91. The summed E-state index contributed by atoms with van der Waals surface area (Å²) in [5, 5.41) is 0. The lowest BCUT2D eigenvalue weighted by Gasteiger charge is -2.05. The van der Waals surface area contributed by atoms with Crippen molar-refractivity contribution in [3.63, 3.8) is 0 Å². The molecule has 3 nitrogen and oxygen atoms in total. The van der Waals surface area contributed by atoms with E-state index in [2.05, 4.69) is 0 Å². The van der Waals surface area contributed by atoms with Gasteiger partial charge in [-0.3, -0.25) is 9.59 Å². The third kappa shape index (κ3) is 2.04. The first-order chi connectivity index (χ1) is 8.13. The van der Waals surface area contributed by atoms with Crippen molar-refractivity contribution >= 4 is 12.1 Å². The first kappa shape index (κ1) is 11.3. The van der Waals surface area contributed by atoms with Crippen LogP contribution in [0.4, 0.5) is 0 Å². The number of aryl methyl sites for hydroxylation is 2. The van der Waals surface area contributed by atoms with E-state index in [-0.39, 0.29) is 5.78 Å². The molecule has 0 aliphatic carbocycles. The van der Waals surface area contributed by atoms with E-state index in [1.54, 1.807) is 29.9 Å². The zero-order valence-electron chi connectivity index (χ0n) is 9.81. The van der Waals surface area contributed by atoms with E-state index in [4.69, 9.17) is 0 Å². The van der Waals surface area contributed by atoms with Gasteiger partial charge in [0, 0.05) is 24.4 Å². The molecule has 0 unspecified atom stereocenters. The molecule has 0 atom stereocenters. The van der Waals surface area contributed by atoms with Crippen LogP contribution in [-0.4, -0.2) is 16.6 Å². The number of ketones is 1. The maximum atomic E-state index is 12.3. The molecule has 0 aliphatic rings. The van der Waals surface area contributed by atoms with Gasteiger partial charge >= 0.3 is 0 Å². The smallest absolute Gasteiger partial charge is 0.209 e. The highest BCUT2D eigenvalue weighted by atomic mass is 16.1. The maximum Gasteiger partial charge on any atom is 0.209 e. The van der Waals surface area contributed by atoms with E-state index in [1.807, 2.05) is 25.1 Å². The molecule has 0 radical (unpaired) electrons. The van der Waals surface area contributed by atoms with Gasteiger partial charge < -0.3 is 4.57 Å². The van der Waals surface area contributed by atoms with Gasteiger partial charge in [0.05, 0.1) is 5.69 Å². The van der Waals surface area contributed by atoms with Crippen molar-refractivity contribution < 1.29 is 9.59 Å². The van der Waals surface area contributed by atoms with Crippen LogP contribution in [0, 0.1) is 6.92 Å². The quantitative estimate of drug-likeness (QED) is 0.596. The Morgan fingerprint density at radius 3 is 2.59 bits per heavy atom. The van der Waals surface area contributed by atoms with Crippen molar-refractivity contribution in [2.75, 3.05) is 0 Å². The highest BCUT2D eigenvalue weighted by molar-refractivity contribution is 6.09. The lowest BCUT2D eigenvalue weighted by molar-refractivity contribution is 0.103. The van der Waals surface area contributed by atoms with Crippen molar-refractivity contribution in [2.45, 2.75) is 6.92 Å². The number of rotatable bonds is 3. The second-order valence-corrected chi connectivity index (χ2v) is 4.03. The average molecular weight is 227 g/mol. The summed E-state index contributed by atoms with van der Waals surface area (Å²) in [6.45, 7) is 1.90. The second kappa shape index (κ2) is 4.37. The molecule has 0 fully saturated rings. The number of hydrogen-bond donors (Lipinski definition) is 0. The van der Waals surface area contributed by atoms with Crippen molar-refractivity contribution in [2.24, 2.45) is 7.05 Å². The molecular weight excluding hydrogens is 214 g/mol. The van der Waals surface area contributed by atoms with E-state index < -0.39 is 0 Å². The summed E-state index contributed by atoms with van der Waals surface area (Å²) in [4.78, 5) is 23.0. The highest BCUT2D eigenvalue weighted by Crippen LogP contribution is 2.15. The minimum Gasteiger partial charge on any atom is -0.347 e. The van der Waals surface area contributed by atoms with Gasteiger partial charge in [0.2, 0.25) is 5.78 Å². The predicted octanol–water partition coefficient (Wildman–Crippen LogP) is 2.38. The normalized spacial score (nSPS) is 10.2. The minimum absolute atomic E-state index is 0.0568. The van der Waals surface area contributed by atoms with E-state index >= 15 is 0 Å². The summed E-state index contributed by atoms with van der Waals surface area (Å²) in [5.41, 5.74) is 2.66. The zero-order valence-corrected chi connectivity index (χ0v) is 9.81. The molecule has 1 aromatic carbocycles. The Morgan fingerprint density at radius 2 is 2.00 bits per heavy atom. The summed E-state index contributed by atoms with van der Waals surface area (Å²) in [6.07, 6.45) is 2.40. The minimum atomic E-state index is -0.0568. The van der Waals surface area contributed by atoms with Gasteiger partial charge in [-0.2, -0.15) is 0 Å². The van der Waals surface area contributed by atoms with Gasteiger partial charge in [0.1, 0.15) is 0 Å². The topological polar surface area (TPSA) is 39.1 Å². The Bertz CT molecular complexity index is 582. The summed E-state index contributed by atoms with van der Waals surface area (Å²) in [6, 6.07) is 9.04. The molecule has 0 aliphatic heterocycles. The van der Waals surface area contributed by atoms with Crippen LogP contribution in [-0.2, 0) is 7.05 Å². The van der Waals surface area contributed by atoms with E-state index in [1.165, 1.54) is 0 Å². The molecule has 0 amide bonds. The summed E-state index contributed by atoms with van der Waals surface area (Å²) >= 11 is 0. The fourth-order valence-electron chi connectivity index (χ4n) is 1.85. The fraction of sp³-hybridized carbons (Fsp3) is 0.143. The Balaban J connectivity index is 2.47. The molecule has 86 valence electrons. The van der Waals surface area contributed by atoms with Crippen LogP contribution in [0.3, 0.4) is 0 Å². The molecule has 0 N–H and O–H groups in total. The number of hydrogen-bond acceptors (Lipinski definition) is 2. The average Bonchev–Trinajstić information content (AvgIpc) is 2.70. The van der Waals surface area contributed by atoms with Crippen LogP contribution in [0.25, 0.3) is 0 Å². The number of aromatic nitrogens is 1. The van der Waals surface area contributed by atoms with Gasteiger partial charge in [0.15, 0.2) is 6.29 Å². The largest absolute Gasteiger partial charge is 0.347 e. The molecule has 2 aromatic rings. The number of carbonyl (C=O) groups excluding carboxylic acids is 2. The Hall–Kier alpha value is -2.16. The van der Waals surface area contributed by atoms with Crippen LogP contribution in [0.1, 0.15) is 32.0 Å². The molecule has 0 spiro atoms. The molecule has 0 bridgehead atoms. The monoisotopic (exact) mass is 227 g/mol. The lowest BCUT2D eigenvalue weighted by atomic mass is 10.0. The first-order valence-electron chi connectivity index (χ1n) is 5.35. The third-order valence-corrected chi connectivity index (χ3v) is 2.78. The second-order valence-electron chi connectivity index (χ2n) is 4.03. The van der Waals surface area contributed by atoms with Crippen LogP contribution < -0.4 is 0 Å². The van der Waals surface area contributed by atoms with Crippen molar-refractivity contribution in [1.82, 2.24) is 4.57 Å². The molecule has 0 saturated heterocycles. The van der Waals surface area contributed by atoms with E-state index in [0.29, 0.717) is 16.8 Å². The number of benzene rings is 1. The van der Waals surface area contributed by atoms with Crippen molar-refractivity contribution in [3.8, 4) is 0 Å². The molecule has 17 heavy (non-hydrogen) atoms. The van der Waals surface area contributed by atoms with Crippen LogP contribution >= 0.6 is 0 Å². The standard InChI is InChI=1S/C14H13NO2/c1-10-5-3-4-6-12(10)14(17)13-7-11(9-16)8-15(13)2/h3-9H,1-2H3. The van der Waals surface area contributed by atoms with Gasteiger partial charge in [-0.25, -0.2) is 0 Å². The summed E-state index contributed by atoms with van der Waals surface area (Å²) in [7, 11) is 1.76. The highest BCUT2D eigenvalue weighted by Gasteiger charge is 2.15. The SMILES string of the molecule is Cc1ccccc1C(=O)c1cc(C=O)cn1C. The van der Waals surface area contributed by atoms with E-state index in [9.17, 15) is 9.59 Å². The van der Waals surface area contributed by atoms with Crippen molar-refractivity contribution in [3.05, 3.63) is 58.9 Å². The molecule has 1 heterocycles. The van der Waals surface area contributed by atoms with Gasteiger partial charge in [-0.05, 0) is 18.6 Å². The zero-order chi connectivity index (χ0) is 12.4. The van der Waals surface area contributed by atoms with Crippen molar-refractivity contribution in [1.29, 1.82) is 0 Å². The molecule has 1 aromatic heterocycles. The number of nitrogens with zero attached hydrogens (tertiary/aromatic N) is 1.